The van der Waals surface area contributed by atoms with E-state index < -0.39 is 0 Å². The molecule has 21 heavy (non-hydrogen) atoms. The number of carbonyl (C=O) groups is 1. The van der Waals surface area contributed by atoms with Crippen molar-refractivity contribution in [2.24, 2.45) is 11.3 Å². The minimum Gasteiger partial charge on any atom is -0.452 e. The van der Waals surface area contributed by atoms with Crippen molar-refractivity contribution in [3.05, 3.63) is 23.1 Å². The van der Waals surface area contributed by atoms with Gasteiger partial charge in [0, 0.05) is 31.2 Å². The Morgan fingerprint density at radius 2 is 2.10 bits per heavy atom. The van der Waals surface area contributed by atoms with Gasteiger partial charge in [-0.2, -0.15) is 0 Å². The van der Waals surface area contributed by atoms with Gasteiger partial charge in [0.1, 0.15) is 0 Å². The van der Waals surface area contributed by atoms with Gasteiger partial charge in [0.05, 0.1) is 11.8 Å². The number of carbonyl (C=O) groups excluding carboxylic acids is 1. The van der Waals surface area contributed by atoms with Crippen molar-refractivity contribution in [2.75, 3.05) is 19.8 Å². The van der Waals surface area contributed by atoms with Crippen LogP contribution in [0.4, 0.5) is 0 Å². The summed E-state index contributed by atoms with van der Waals surface area (Å²) in [5.41, 5.74) is 0.886. The minimum atomic E-state index is 0.0303. The molecule has 4 rings (SSSR count). The Labute approximate surface area is 129 Å². The van der Waals surface area contributed by atoms with Gasteiger partial charge in [0.15, 0.2) is 0 Å². The van der Waals surface area contributed by atoms with Gasteiger partial charge in [-0.05, 0) is 49.3 Å². The second-order valence-corrected chi connectivity index (χ2v) is 6.99. The van der Waals surface area contributed by atoms with Crippen molar-refractivity contribution in [3.8, 4) is 0 Å². The topological polar surface area (TPSA) is 42.7 Å². The molecule has 1 saturated carbocycles. The van der Waals surface area contributed by atoms with Crippen LogP contribution in [0.15, 0.2) is 16.7 Å². The monoisotopic (exact) mass is 309 g/mol. The summed E-state index contributed by atoms with van der Waals surface area (Å²) in [7, 11) is 0. The smallest absolute Gasteiger partial charge is 0.259 e. The van der Waals surface area contributed by atoms with Gasteiger partial charge < -0.3 is 14.1 Å². The molecule has 1 aromatic heterocycles. The van der Waals surface area contributed by atoms with Gasteiger partial charge in [0.2, 0.25) is 5.22 Å². The van der Waals surface area contributed by atoms with Crippen molar-refractivity contribution in [1.82, 2.24) is 4.90 Å². The van der Waals surface area contributed by atoms with Crippen molar-refractivity contribution in [1.29, 1.82) is 0 Å². The third kappa shape index (κ3) is 2.03. The molecular formula is C16H20ClNO3. The zero-order chi connectivity index (χ0) is 14.4. The summed E-state index contributed by atoms with van der Waals surface area (Å²) in [4.78, 5) is 14.8. The summed E-state index contributed by atoms with van der Waals surface area (Å²) in [6.45, 7) is 2.53. The maximum Gasteiger partial charge on any atom is 0.259 e. The highest BCUT2D eigenvalue weighted by atomic mass is 35.5. The number of hydrogen-bond donors (Lipinski definition) is 0. The molecule has 1 aromatic rings. The maximum atomic E-state index is 12.7. The van der Waals surface area contributed by atoms with Crippen LogP contribution in [0.3, 0.4) is 0 Å². The third-order valence-electron chi connectivity index (χ3n) is 5.62. The van der Waals surface area contributed by atoms with Crippen molar-refractivity contribution in [2.45, 2.75) is 38.1 Å². The van der Waals surface area contributed by atoms with Crippen molar-refractivity contribution >= 4 is 17.5 Å². The number of hydrogen-bond acceptors (Lipinski definition) is 3. The Bertz CT molecular complexity index is 545. The van der Waals surface area contributed by atoms with Gasteiger partial charge in [-0.1, -0.05) is 6.42 Å². The van der Waals surface area contributed by atoms with Crippen molar-refractivity contribution < 1.29 is 13.9 Å². The molecule has 3 heterocycles. The molecule has 1 aliphatic carbocycles. The Morgan fingerprint density at radius 1 is 1.33 bits per heavy atom. The fourth-order valence-corrected chi connectivity index (χ4v) is 4.61. The van der Waals surface area contributed by atoms with E-state index in [9.17, 15) is 4.79 Å². The van der Waals surface area contributed by atoms with E-state index in [0.29, 0.717) is 22.9 Å². The Morgan fingerprint density at radius 3 is 2.67 bits per heavy atom. The molecule has 1 amide bonds. The predicted molar refractivity (Wildman–Crippen MR) is 78.4 cm³/mol. The van der Waals surface area contributed by atoms with E-state index >= 15 is 0 Å². The van der Waals surface area contributed by atoms with Crippen LogP contribution in [0, 0.1) is 11.3 Å². The highest BCUT2D eigenvalue weighted by Crippen LogP contribution is 2.57. The lowest BCUT2D eigenvalue weighted by Gasteiger charge is -2.65. The summed E-state index contributed by atoms with van der Waals surface area (Å²) in [5.74, 6) is 0.602. The summed E-state index contributed by atoms with van der Waals surface area (Å²) < 4.78 is 10.6. The lowest BCUT2D eigenvalue weighted by Crippen LogP contribution is -2.71. The predicted octanol–water partition coefficient (Wildman–Crippen LogP) is 3.35. The lowest BCUT2D eigenvalue weighted by molar-refractivity contribution is -0.140. The highest BCUT2D eigenvalue weighted by Gasteiger charge is 2.59. The average Bonchev–Trinajstić information content (AvgIpc) is 2.83. The van der Waals surface area contributed by atoms with Gasteiger partial charge in [-0.25, -0.2) is 0 Å². The quantitative estimate of drug-likeness (QED) is 0.841. The van der Waals surface area contributed by atoms with Crippen LogP contribution in [0.5, 0.6) is 0 Å². The van der Waals surface area contributed by atoms with Crippen LogP contribution in [0.25, 0.3) is 0 Å². The number of halogens is 1. The molecule has 0 aromatic carbocycles. The van der Waals surface area contributed by atoms with Crippen molar-refractivity contribution in [3.63, 3.8) is 0 Å². The van der Waals surface area contributed by atoms with Crippen LogP contribution >= 0.6 is 11.6 Å². The molecule has 4 nitrogen and oxygen atoms in total. The van der Waals surface area contributed by atoms with Crippen LogP contribution in [0.2, 0.25) is 5.22 Å². The number of nitrogens with zero attached hydrogens (tertiary/aromatic N) is 1. The molecule has 0 bridgehead atoms. The number of likely N-dealkylation sites (tertiary alicyclic amines) is 1. The van der Waals surface area contributed by atoms with E-state index in [1.165, 1.54) is 25.5 Å². The summed E-state index contributed by atoms with van der Waals surface area (Å²) >= 11 is 5.98. The van der Waals surface area contributed by atoms with E-state index in [-0.39, 0.29) is 11.1 Å². The second-order valence-electron chi connectivity index (χ2n) is 6.65. The minimum absolute atomic E-state index is 0.0303. The zero-order valence-corrected chi connectivity index (χ0v) is 12.8. The Balaban J connectivity index is 1.57. The highest BCUT2D eigenvalue weighted by molar-refractivity contribution is 6.32. The molecule has 3 aliphatic rings. The summed E-state index contributed by atoms with van der Waals surface area (Å²) in [6.07, 6.45) is 7.44. The standard InChI is InChI=1S/C16H20ClNO3/c17-14-12(4-9-21-14)15(19)18-10-16(5-1-6-16)13(18)11-2-7-20-8-3-11/h4,9,11,13H,1-3,5-8,10H2. The Kier molecular flexibility index (Phi) is 3.27. The number of ether oxygens (including phenoxy) is 1. The van der Waals surface area contributed by atoms with E-state index in [1.807, 2.05) is 4.90 Å². The first-order valence-corrected chi connectivity index (χ1v) is 8.21. The largest absolute Gasteiger partial charge is 0.452 e. The third-order valence-corrected chi connectivity index (χ3v) is 5.91. The van der Waals surface area contributed by atoms with Gasteiger partial charge >= 0.3 is 0 Å². The SMILES string of the molecule is O=C(c1ccoc1Cl)N1CC2(CCC2)C1C1CCOCC1. The van der Waals surface area contributed by atoms with Gasteiger partial charge in [0.25, 0.3) is 5.91 Å². The summed E-state index contributed by atoms with van der Waals surface area (Å²) in [5, 5.41) is 0.209. The molecule has 3 fully saturated rings. The molecule has 0 N–H and O–H groups in total. The molecule has 1 spiro atoms. The molecule has 0 radical (unpaired) electrons. The Hall–Kier alpha value is -1.00. The second kappa shape index (κ2) is 5.03. The fraction of sp³-hybridized carbons (Fsp3) is 0.688. The average molecular weight is 310 g/mol. The first kappa shape index (κ1) is 13.6. The molecule has 114 valence electrons. The molecule has 2 saturated heterocycles. The molecule has 5 heteroatoms. The number of amides is 1. The summed E-state index contributed by atoms with van der Waals surface area (Å²) in [6, 6.07) is 2.05. The van der Waals surface area contributed by atoms with E-state index in [0.717, 1.165) is 32.6 Å². The van der Waals surface area contributed by atoms with Crippen LogP contribution in [-0.2, 0) is 4.74 Å². The van der Waals surface area contributed by atoms with Gasteiger partial charge in [-0.15, -0.1) is 0 Å². The fourth-order valence-electron chi connectivity index (χ4n) is 4.42. The zero-order valence-electron chi connectivity index (χ0n) is 12.0. The van der Waals surface area contributed by atoms with E-state index in [1.54, 1.807) is 6.07 Å². The molecule has 1 atom stereocenters. The van der Waals surface area contributed by atoms with E-state index in [4.69, 9.17) is 20.8 Å². The van der Waals surface area contributed by atoms with Crippen LogP contribution in [-0.4, -0.2) is 36.6 Å². The lowest BCUT2D eigenvalue weighted by atomic mass is 9.54. The normalized spacial score (nSPS) is 28.2. The molecule has 1 unspecified atom stereocenters. The van der Waals surface area contributed by atoms with Gasteiger partial charge in [-0.3, -0.25) is 4.79 Å². The first-order valence-electron chi connectivity index (χ1n) is 7.83. The molecule has 2 aliphatic heterocycles. The van der Waals surface area contributed by atoms with Crippen LogP contribution < -0.4 is 0 Å². The first-order chi connectivity index (χ1) is 10.2. The number of furan rings is 1. The maximum absolute atomic E-state index is 12.7. The number of rotatable bonds is 2. The van der Waals surface area contributed by atoms with Crippen LogP contribution in [0.1, 0.15) is 42.5 Å². The van der Waals surface area contributed by atoms with E-state index in [2.05, 4.69) is 0 Å². The molecular weight excluding hydrogens is 290 g/mol.